The Labute approximate surface area is 198 Å². The van der Waals surface area contributed by atoms with Gasteiger partial charge >= 0.3 is 0 Å². The lowest BCUT2D eigenvalue weighted by Gasteiger charge is -2.13. The number of carbonyl (C=O) groups excluding carboxylic acids is 3. The van der Waals surface area contributed by atoms with Gasteiger partial charge in [0.25, 0.3) is 11.8 Å². The van der Waals surface area contributed by atoms with Crippen molar-refractivity contribution >= 4 is 45.2 Å². The van der Waals surface area contributed by atoms with Crippen molar-refractivity contribution in [1.82, 2.24) is 9.47 Å². The smallest absolute Gasteiger partial charge is 0.261 e. The maximum absolute atomic E-state index is 12.5. The molecular weight excluding hydrogens is 426 g/mol. The van der Waals surface area contributed by atoms with E-state index in [0.29, 0.717) is 36.9 Å². The van der Waals surface area contributed by atoms with Crippen LogP contribution in [0.25, 0.3) is 21.8 Å². The van der Waals surface area contributed by atoms with Crippen molar-refractivity contribution < 1.29 is 14.4 Å². The zero-order chi connectivity index (χ0) is 23.7. The molecule has 4 aromatic rings. The number of amides is 3. The van der Waals surface area contributed by atoms with Gasteiger partial charge in [0, 0.05) is 47.0 Å². The Morgan fingerprint density at radius 2 is 1.47 bits per heavy atom. The van der Waals surface area contributed by atoms with Gasteiger partial charge in [-0.05, 0) is 56.2 Å². The minimum absolute atomic E-state index is 0.0284. The molecular formula is C28H27N3O3. The number of hydrogen-bond acceptors (Lipinski definition) is 3. The molecule has 0 saturated heterocycles. The van der Waals surface area contributed by atoms with Crippen molar-refractivity contribution in [1.29, 1.82) is 0 Å². The molecule has 5 rings (SSSR count). The van der Waals surface area contributed by atoms with E-state index in [0.717, 1.165) is 29.6 Å². The molecule has 3 amide bonds. The Balaban J connectivity index is 1.14. The van der Waals surface area contributed by atoms with Gasteiger partial charge in [0.05, 0.1) is 11.1 Å². The van der Waals surface area contributed by atoms with Gasteiger partial charge in [0.2, 0.25) is 5.91 Å². The Morgan fingerprint density at radius 1 is 0.794 bits per heavy atom. The van der Waals surface area contributed by atoms with E-state index in [1.807, 2.05) is 24.3 Å². The number of carbonyl (C=O) groups is 3. The summed E-state index contributed by atoms with van der Waals surface area (Å²) in [5.74, 6) is -0.476. The van der Waals surface area contributed by atoms with Crippen LogP contribution in [0.5, 0.6) is 0 Å². The minimum Gasteiger partial charge on any atom is -0.341 e. The average Bonchev–Trinajstić information content (AvgIpc) is 3.30. The second-order valence-electron chi connectivity index (χ2n) is 8.66. The van der Waals surface area contributed by atoms with Crippen LogP contribution in [0.3, 0.4) is 0 Å². The van der Waals surface area contributed by atoms with Gasteiger partial charge < -0.3 is 9.88 Å². The molecule has 34 heavy (non-hydrogen) atoms. The number of rotatable bonds is 8. The van der Waals surface area contributed by atoms with Gasteiger partial charge in [0.15, 0.2) is 0 Å². The molecule has 0 spiro atoms. The number of nitrogens with zero attached hydrogens (tertiary/aromatic N) is 2. The van der Waals surface area contributed by atoms with Gasteiger partial charge in [-0.25, -0.2) is 0 Å². The standard InChI is InChI=1S/C28H27N3O3/c1-2-30-24-13-8-7-10-20(24)23-18-19(15-16-25(23)30)29-26(32)14-4-3-9-17-31-27(33)21-11-5-6-12-22(21)28(31)34/h5-8,10-13,15-16,18H,2-4,9,14,17H2,1H3,(H,29,32). The molecule has 1 aliphatic heterocycles. The molecule has 2 heterocycles. The first-order chi connectivity index (χ1) is 16.6. The number of nitrogens with one attached hydrogen (secondary N) is 1. The van der Waals surface area contributed by atoms with Crippen LogP contribution in [-0.2, 0) is 11.3 Å². The summed E-state index contributed by atoms with van der Waals surface area (Å²) in [4.78, 5) is 38.7. The number of unbranched alkanes of at least 4 members (excludes halogenated alkanes) is 2. The normalized spacial score (nSPS) is 13.1. The first-order valence-electron chi connectivity index (χ1n) is 11.8. The van der Waals surface area contributed by atoms with Gasteiger partial charge in [-0.15, -0.1) is 0 Å². The fourth-order valence-electron chi connectivity index (χ4n) is 4.87. The number of fused-ring (bicyclic) bond motifs is 4. The molecule has 1 aromatic heterocycles. The van der Waals surface area contributed by atoms with E-state index in [4.69, 9.17) is 0 Å². The minimum atomic E-state index is -0.224. The first kappa shape index (κ1) is 21.9. The lowest BCUT2D eigenvalue weighted by atomic mass is 10.1. The quantitative estimate of drug-likeness (QED) is 0.278. The number of benzene rings is 3. The topological polar surface area (TPSA) is 71.4 Å². The first-order valence-corrected chi connectivity index (χ1v) is 11.8. The number of para-hydroxylation sites is 1. The second kappa shape index (κ2) is 9.14. The van der Waals surface area contributed by atoms with E-state index in [9.17, 15) is 14.4 Å². The Kier molecular flexibility index (Phi) is 5.88. The molecule has 1 aliphatic rings. The fourth-order valence-corrected chi connectivity index (χ4v) is 4.87. The Morgan fingerprint density at radius 3 is 2.21 bits per heavy atom. The molecule has 0 atom stereocenters. The van der Waals surface area contributed by atoms with Crippen LogP contribution < -0.4 is 5.32 Å². The third-order valence-electron chi connectivity index (χ3n) is 6.54. The maximum atomic E-state index is 12.5. The summed E-state index contributed by atoms with van der Waals surface area (Å²) in [6.45, 7) is 3.40. The van der Waals surface area contributed by atoms with E-state index in [2.05, 4.69) is 35.0 Å². The summed E-state index contributed by atoms with van der Waals surface area (Å²) in [5, 5.41) is 5.34. The van der Waals surface area contributed by atoms with Gasteiger partial charge in [-0.2, -0.15) is 0 Å². The third-order valence-corrected chi connectivity index (χ3v) is 6.54. The van der Waals surface area contributed by atoms with Crippen molar-refractivity contribution in [3.8, 4) is 0 Å². The lowest BCUT2D eigenvalue weighted by Crippen LogP contribution is -2.30. The number of imide groups is 1. The van der Waals surface area contributed by atoms with E-state index >= 15 is 0 Å². The number of aromatic nitrogens is 1. The molecule has 0 aliphatic carbocycles. The molecule has 0 bridgehead atoms. The molecule has 1 N–H and O–H groups in total. The van der Waals surface area contributed by atoms with Crippen molar-refractivity contribution in [3.05, 3.63) is 77.9 Å². The van der Waals surface area contributed by atoms with Crippen molar-refractivity contribution in [2.75, 3.05) is 11.9 Å². The summed E-state index contributed by atoms with van der Waals surface area (Å²) in [6, 6.07) is 21.3. The van der Waals surface area contributed by atoms with Crippen LogP contribution in [0.2, 0.25) is 0 Å². The SMILES string of the molecule is CCn1c2ccccc2c2cc(NC(=O)CCCCCN3C(=O)c4ccccc4C3=O)ccc21. The molecule has 6 nitrogen and oxygen atoms in total. The van der Waals surface area contributed by atoms with Gasteiger partial charge in [-0.1, -0.05) is 36.8 Å². The maximum Gasteiger partial charge on any atom is 0.261 e. The number of hydrogen-bond donors (Lipinski definition) is 1. The Hall–Kier alpha value is -3.93. The highest BCUT2D eigenvalue weighted by Gasteiger charge is 2.34. The van der Waals surface area contributed by atoms with E-state index in [-0.39, 0.29) is 17.7 Å². The zero-order valence-electron chi connectivity index (χ0n) is 19.2. The predicted octanol–water partition coefficient (Wildman–Crippen LogP) is 5.61. The van der Waals surface area contributed by atoms with Crippen LogP contribution >= 0.6 is 0 Å². The number of anilines is 1. The molecule has 172 valence electrons. The van der Waals surface area contributed by atoms with Crippen LogP contribution in [0.15, 0.2) is 66.7 Å². The van der Waals surface area contributed by atoms with Crippen LogP contribution in [0.4, 0.5) is 5.69 Å². The van der Waals surface area contributed by atoms with Crippen molar-refractivity contribution in [2.45, 2.75) is 39.2 Å². The van der Waals surface area contributed by atoms with Crippen LogP contribution in [-0.4, -0.2) is 33.7 Å². The highest BCUT2D eigenvalue weighted by Crippen LogP contribution is 2.31. The summed E-state index contributed by atoms with van der Waals surface area (Å²) in [7, 11) is 0. The Bertz CT molecular complexity index is 1380. The summed E-state index contributed by atoms with van der Waals surface area (Å²) < 4.78 is 2.28. The third kappa shape index (κ3) is 3.85. The molecule has 0 radical (unpaired) electrons. The van der Waals surface area contributed by atoms with Crippen LogP contribution in [0, 0.1) is 0 Å². The van der Waals surface area contributed by atoms with Crippen molar-refractivity contribution in [2.24, 2.45) is 0 Å². The molecule has 3 aromatic carbocycles. The molecule has 0 fully saturated rings. The largest absolute Gasteiger partial charge is 0.341 e. The number of aryl methyl sites for hydroxylation is 1. The van der Waals surface area contributed by atoms with Gasteiger partial charge in [0.1, 0.15) is 0 Å². The van der Waals surface area contributed by atoms with E-state index in [1.54, 1.807) is 24.3 Å². The van der Waals surface area contributed by atoms with E-state index < -0.39 is 0 Å². The lowest BCUT2D eigenvalue weighted by molar-refractivity contribution is -0.116. The predicted molar refractivity (Wildman–Crippen MR) is 134 cm³/mol. The van der Waals surface area contributed by atoms with Crippen LogP contribution in [0.1, 0.15) is 53.3 Å². The highest BCUT2D eigenvalue weighted by molar-refractivity contribution is 6.21. The van der Waals surface area contributed by atoms with E-state index in [1.165, 1.54) is 15.8 Å². The van der Waals surface area contributed by atoms with Gasteiger partial charge in [-0.3, -0.25) is 19.3 Å². The molecule has 0 unspecified atom stereocenters. The summed E-state index contributed by atoms with van der Waals surface area (Å²) in [5.41, 5.74) is 4.11. The fraction of sp³-hybridized carbons (Fsp3) is 0.250. The molecule has 0 saturated carbocycles. The highest BCUT2D eigenvalue weighted by atomic mass is 16.2. The average molecular weight is 454 g/mol. The van der Waals surface area contributed by atoms with Crippen molar-refractivity contribution in [3.63, 3.8) is 0 Å². The summed E-state index contributed by atoms with van der Waals surface area (Å²) in [6.07, 6.45) is 2.55. The monoisotopic (exact) mass is 453 g/mol. The zero-order valence-corrected chi connectivity index (χ0v) is 19.2. The summed E-state index contributed by atoms with van der Waals surface area (Å²) >= 11 is 0. The molecule has 6 heteroatoms. The second-order valence-corrected chi connectivity index (χ2v) is 8.66.